The van der Waals surface area contributed by atoms with E-state index in [1.807, 2.05) is 0 Å². The molecule has 0 radical (unpaired) electrons. The third-order valence-electron chi connectivity index (χ3n) is 1.76. The van der Waals surface area contributed by atoms with Gasteiger partial charge in [0.1, 0.15) is 0 Å². The number of esters is 1. The molecule has 100 valence electrons. The quantitative estimate of drug-likeness (QED) is 0.379. The van der Waals surface area contributed by atoms with Gasteiger partial charge >= 0.3 is 5.97 Å². The lowest BCUT2D eigenvalue weighted by Crippen LogP contribution is -2.11. The fraction of sp³-hybridized carbons (Fsp3) is 0.727. The third kappa shape index (κ3) is 11.4. The van der Waals surface area contributed by atoms with Gasteiger partial charge in [-0.3, -0.25) is 8.98 Å². The molecule has 0 N–H and O–H groups in total. The molecule has 0 spiro atoms. The highest BCUT2D eigenvalue weighted by Gasteiger charge is 2.07. The first-order chi connectivity index (χ1) is 7.70. The van der Waals surface area contributed by atoms with E-state index in [1.165, 1.54) is 0 Å². The SMILES string of the molecule is C=C(CCCC(=O)OC(C)C)COS(C)(=O)=O. The van der Waals surface area contributed by atoms with Crippen molar-refractivity contribution in [3.8, 4) is 0 Å². The summed E-state index contributed by atoms with van der Waals surface area (Å²) in [6.07, 6.45) is 2.30. The van der Waals surface area contributed by atoms with E-state index in [1.54, 1.807) is 13.8 Å². The predicted molar refractivity (Wildman–Crippen MR) is 65.0 cm³/mol. The molecule has 0 saturated carbocycles. The Balaban J connectivity index is 3.68. The lowest BCUT2D eigenvalue weighted by Gasteiger charge is -2.08. The maximum atomic E-state index is 11.2. The summed E-state index contributed by atoms with van der Waals surface area (Å²) < 4.78 is 30.9. The van der Waals surface area contributed by atoms with Gasteiger partial charge in [0.15, 0.2) is 0 Å². The highest BCUT2D eigenvalue weighted by Crippen LogP contribution is 2.08. The fourth-order valence-corrected chi connectivity index (χ4v) is 1.45. The summed E-state index contributed by atoms with van der Waals surface area (Å²) in [7, 11) is -3.43. The maximum Gasteiger partial charge on any atom is 0.306 e. The average Bonchev–Trinajstić information content (AvgIpc) is 2.12. The van der Waals surface area contributed by atoms with Crippen LogP contribution in [-0.4, -0.2) is 33.4 Å². The number of rotatable bonds is 8. The van der Waals surface area contributed by atoms with E-state index >= 15 is 0 Å². The zero-order valence-corrected chi connectivity index (χ0v) is 11.4. The molecule has 0 amide bonds. The minimum Gasteiger partial charge on any atom is -0.463 e. The molecular weight excluding hydrogens is 244 g/mol. The van der Waals surface area contributed by atoms with Crippen molar-refractivity contribution in [1.82, 2.24) is 0 Å². The average molecular weight is 264 g/mol. The second kappa shape index (κ2) is 7.45. The fourth-order valence-electron chi connectivity index (χ4n) is 1.07. The number of hydrogen-bond acceptors (Lipinski definition) is 5. The van der Waals surface area contributed by atoms with Gasteiger partial charge in [0, 0.05) is 6.42 Å². The Morgan fingerprint density at radius 1 is 1.29 bits per heavy atom. The van der Waals surface area contributed by atoms with Crippen LogP contribution in [-0.2, 0) is 23.8 Å². The molecule has 6 heteroatoms. The van der Waals surface area contributed by atoms with E-state index in [0.29, 0.717) is 24.8 Å². The Hall–Kier alpha value is -0.880. The van der Waals surface area contributed by atoms with Gasteiger partial charge in [-0.25, -0.2) is 0 Å². The van der Waals surface area contributed by atoms with Crippen LogP contribution >= 0.6 is 0 Å². The Kier molecular flexibility index (Phi) is 7.06. The summed E-state index contributed by atoms with van der Waals surface area (Å²) in [5, 5.41) is 0. The smallest absolute Gasteiger partial charge is 0.306 e. The van der Waals surface area contributed by atoms with Gasteiger partial charge in [-0.2, -0.15) is 8.42 Å². The molecule has 0 unspecified atom stereocenters. The van der Waals surface area contributed by atoms with Crippen LogP contribution in [0.1, 0.15) is 33.1 Å². The monoisotopic (exact) mass is 264 g/mol. The molecule has 0 aromatic carbocycles. The highest BCUT2D eigenvalue weighted by atomic mass is 32.2. The summed E-state index contributed by atoms with van der Waals surface area (Å²) in [5.41, 5.74) is 0.646. The molecule has 0 aromatic heterocycles. The van der Waals surface area contributed by atoms with E-state index in [9.17, 15) is 13.2 Å². The number of carbonyl (C=O) groups is 1. The molecule has 0 aromatic rings. The van der Waals surface area contributed by atoms with Crippen molar-refractivity contribution in [2.75, 3.05) is 12.9 Å². The molecule has 5 nitrogen and oxygen atoms in total. The highest BCUT2D eigenvalue weighted by molar-refractivity contribution is 7.85. The zero-order chi connectivity index (χ0) is 13.5. The molecule has 0 bridgehead atoms. The minimum atomic E-state index is -3.43. The molecular formula is C11H20O5S. The second-order valence-electron chi connectivity index (χ2n) is 4.11. The molecule has 0 aliphatic carbocycles. The van der Waals surface area contributed by atoms with Crippen LogP contribution in [0.25, 0.3) is 0 Å². The van der Waals surface area contributed by atoms with Gasteiger partial charge in [-0.1, -0.05) is 12.2 Å². The molecule has 17 heavy (non-hydrogen) atoms. The second-order valence-corrected chi connectivity index (χ2v) is 5.75. The predicted octanol–water partition coefficient (Wildman–Crippen LogP) is 1.64. The van der Waals surface area contributed by atoms with Crippen molar-refractivity contribution in [2.45, 2.75) is 39.2 Å². The molecule has 0 fully saturated rings. The van der Waals surface area contributed by atoms with Gasteiger partial charge < -0.3 is 4.74 Å². The van der Waals surface area contributed by atoms with Crippen molar-refractivity contribution < 1.29 is 22.1 Å². The largest absolute Gasteiger partial charge is 0.463 e. The first-order valence-corrected chi connectivity index (χ1v) is 7.23. The Morgan fingerprint density at radius 2 is 1.88 bits per heavy atom. The molecule has 0 aliphatic heterocycles. The molecule has 0 rings (SSSR count). The zero-order valence-electron chi connectivity index (χ0n) is 10.6. The number of ether oxygens (including phenoxy) is 1. The maximum absolute atomic E-state index is 11.2. The van der Waals surface area contributed by atoms with Crippen LogP contribution in [0.15, 0.2) is 12.2 Å². The van der Waals surface area contributed by atoms with Crippen LogP contribution in [0, 0.1) is 0 Å². The summed E-state index contributed by atoms with van der Waals surface area (Å²) >= 11 is 0. The van der Waals surface area contributed by atoms with E-state index in [2.05, 4.69) is 10.8 Å². The van der Waals surface area contributed by atoms with Gasteiger partial charge in [0.2, 0.25) is 0 Å². The van der Waals surface area contributed by atoms with Crippen molar-refractivity contribution in [3.05, 3.63) is 12.2 Å². The van der Waals surface area contributed by atoms with Crippen molar-refractivity contribution in [1.29, 1.82) is 0 Å². The third-order valence-corrected chi connectivity index (χ3v) is 2.30. The van der Waals surface area contributed by atoms with Crippen LogP contribution < -0.4 is 0 Å². The lowest BCUT2D eigenvalue weighted by atomic mass is 10.1. The Labute approximate surface area is 103 Å². The topological polar surface area (TPSA) is 69.7 Å². The van der Waals surface area contributed by atoms with Crippen molar-refractivity contribution in [3.63, 3.8) is 0 Å². The van der Waals surface area contributed by atoms with Crippen LogP contribution in [0.2, 0.25) is 0 Å². The first-order valence-electron chi connectivity index (χ1n) is 5.41. The Morgan fingerprint density at radius 3 is 2.35 bits per heavy atom. The van der Waals surface area contributed by atoms with Crippen LogP contribution in [0.3, 0.4) is 0 Å². The summed E-state index contributed by atoms with van der Waals surface area (Å²) in [4.78, 5) is 11.2. The van der Waals surface area contributed by atoms with Crippen molar-refractivity contribution >= 4 is 16.1 Å². The molecule has 0 saturated heterocycles. The van der Waals surface area contributed by atoms with E-state index < -0.39 is 10.1 Å². The molecule has 0 atom stereocenters. The van der Waals surface area contributed by atoms with E-state index in [0.717, 1.165) is 6.26 Å². The summed E-state index contributed by atoms with van der Waals surface area (Å²) in [5.74, 6) is -0.253. The van der Waals surface area contributed by atoms with Crippen LogP contribution in [0.5, 0.6) is 0 Å². The van der Waals surface area contributed by atoms with E-state index in [4.69, 9.17) is 4.74 Å². The van der Waals surface area contributed by atoms with Gasteiger partial charge in [-0.15, -0.1) is 0 Å². The molecule has 0 heterocycles. The Bertz CT molecular complexity index is 356. The standard InChI is InChI=1S/C11H20O5S/c1-9(2)16-11(12)7-5-6-10(3)8-15-17(4,13)14/h9H,3,5-8H2,1-2,4H3. The summed E-state index contributed by atoms with van der Waals surface area (Å²) in [6, 6.07) is 0. The van der Waals surface area contributed by atoms with Gasteiger partial charge in [0.05, 0.1) is 19.0 Å². The number of carbonyl (C=O) groups excluding carboxylic acids is 1. The van der Waals surface area contributed by atoms with Gasteiger partial charge in [-0.05, 0) is 26.7 Å². The van der Waals surface area contributed by atoms with Gasteiger partial charge in [0.25, 0.3) is 10.1 Å². The van der Waals surface area contributed by atoms with Crippen molar-refractivity contribution in [2.24, 2.45) is 0 Å². The normalized spacial score (nSPS) is 11.5. The minimum absolute atomic E-state index is 0.0297. The number of hydrogen-bond donors (Lipinski definition) is 0. The lowest BCUT2D eigenvalue weighted by molar-refractivity contribution is -0.147. The van der Waals surface area contributed by atoms with Crippen LogP contribution in [0.4, 0.5) is 0 Å². The molecule has 0 aliphatic rings. The van der Waals surface area contributed by atoms with E-state index in [-0.39, 0.29) is 18.7 Å². The summed E-state index contributed by atoms with van der Waals surface area (Å²) in [6.45, 7) is 7.22. The first kappa shape index (κ1) is 16.1.